The van der Waals surface area contributed by atoms with Crippen LogP contribution < -0.4 is 5.32 Å². The van der Waals surface area contributed by atoms with Crippen molar-refractivity contribution < 1.29 is 18.0 Å². The molecular formula is C16H11F3N6OS. The molecule has 0 atom stereocenters. The molecule has 138 valence electrons. The molecule has 0 saturated heterocycles. The number of carbonyl (C=O) groups excluding carboxylic acids is 1. The van der Waals surface area contributed by atoms with E-state index in [9.17, 15) is 18.0 Å². The summed E-state index contributed by atoms with van der Waals surface area (Å²) >= 11 is 1.06. The Balaban J connectivity index is 1.60. The van der Waals surface area contributed by atoms with Crippen LogP contribution in [0.5, 0.6) is 0 Å². The van der Waals surface area contributed by atoms with Gasteiger partial charge in [0, 0.05) is 35.3 Å². The van der Waals surface area contributed by atoms with E-state index in [2.05, 4.69) is 20.3 Å². The molecule has 0 saturated carbocycles. The highest BCUT2D eigenvalue weighted by Gasteiger charge is 2.28. The molecule has 7 nitrogen and oxygen atoms in total. The third-order valence-electron chi connectivity index (χ3n) is 3.77. The lowest BCUT2D eigenvalue weighted by Crippen LogP contribution is -2.33. The average molecular weight is 392 g/mol. The Bertz CT molecular complexity index is 1100. The summed E-state index contributed by atoms with van der Waals surface area (Å²) in [6.07, 6.45) is 4.01. The molecular weight excluding hydrogens is 381 g/mol. The lowest BCUT2D eigenvalue weighted by Gasteiger charge is -2.06. The molecule has 0 aliphatic rings. The van der Waals surface area contributed by atoms with E-state index in [1.165, 1.54) is 6.07 Å². The topological polar surface area (TPSA) is 88.0 Å². The minimum atomic E-state index is -4.45. The third-order valence-corrected chi connectivity index (χ3v) is 4.70. The number of rotatable bonds is 4. The van der Waals surface area contributed by atoms with Crippen LogP contribution in [0, 0.1) is 0 Å². The zero-order valence-electron chi connectivity index (χ0n) is 13.5. The predicted molar refractivity (Wildman–Crippen MR) is 92.3 cm³/mol. The van der Waals surface area contributed by atoms with Gasteiger partial charge in [0.2, 0.25) is 0 Å². The summed E-state index contributed by atoms with van der Waals surface area (Å²) in [6, 6.07) is 1.53. The van der Waals surface area contributed by atoms with Crippen LogP contribution in [0.1, 0.15) is 9.67 Å². The van der Waals surface area contributed by atoms with Crippen molar-refractivity contribution in [1.29, 1.82) is 0 Å². The van der Waals surface area contributed by atoms with Crippen molar-refractivity contribution in [2.75, 3.05) is 6.54 Å². The van der Waals surface area contributed by atoms with Gasteiger partial charge < -0.3 is 5.32 Å². The quantitative estimate of drug-likeness (QED) is 0.559. The number of hydrogen-bond donors (Lipinski definition) is 2. The zero-order chi connectivity index (χ0) is 19.0. The Morgan fingerprint density at radius 3 is 2.81 bits per heavy atom. The van der Waals surface area contributed by atoms with Gasteiger partial charge in [0.05, 0.1) is 17.3 Å². The minimum absolute atomic E-state index is 0.184. The van der Waals surface area contributed by atoms with Gasteiger partial charge in [0.15, 0.2) is 5.65 Å². The second-order valence-corrected chi connectivity index (χ2v) is 6.56. The molecule has 1 amide bonds. The molecule has 0 unspecified atom stereocenters. The normalized spacial score (nSPS) is 11.8. The van der Waals surface area contributed by atoms with Crippen molar-refractivity contribution in [2.24, 2.45) is 0 Å². The highest BCUT2D eigenvalue weighted by Crippen LogP contribution is 2.29. The summed E-state index contributed by atoms with van der Waals surface area (Å²) in [5.41, 5.74) is 3.60. The molecule has 4 aromatic rings. The number of nitrogens with one attached hydrogen (secondary N) is 2. The Kier molecular flexibility index (Phi) is 4.15. The van der Waals surface area contributed by atoms with Gasteiger partial charge in [-0.2, -0.15) is 23.4 Å². The van der Waals surface area contributed by atoms with E-state index in [0.29, 0.717) is 16.8 Å². The summed E-state index contributed by atoms with van der Waals surface area (Å²) in [5.74, 6) is -0.768. The Morgan fingerprint density at radius 1 is 1.22 bits per heavy atom. The van der Waals surface area contributed by atoms with E-state index in [-0.39, 0.29) is 4.88 Å². The molecule has 0 spiro atoms. The van der Waals surface area contributed by atoms with Gasteiger partial charge in [-0.15, -0.1) is 11.3 Å². The molecule has 0 aliphatic heterocycles. The predicted octanol–water partition coefficient (Wildman–Crippen LogP) is 3.14. The molecule has 0 fully saturated rings. The number of aromatic nitrogens is 5. The van der Waals surface area contributed by atoms with E-state index in [4.69, 9.17) is 0 Å². The summed E-state index contributed by atoms with van der Waals surface area (Å²) in [4.78, 5) is 16.5. The summed E-state index contributed by atoms with van der Waals surface area (Å²) in [6.45, 7) is -1.37. The number of halogens is 3. The Morgan fingerprint density at radius 2 is 2.07 bits per heavy atom. The Hall–Kier alpha value is -3.21. The van der Waals surface area contributed by atoms with Crippen LogP contribution in [0.3, 0.4) is 0 Å². The Labute approximate surface area is 153 Å². The van der Waals surface area contributed by atoms with Crippen LogP contribution in [0.15, 0.2) is 42.4 Å². The highest BCUT2D eigenvalue weighted by molar-refractivity contribution is 7.12. The van der Waals surface area contributed by atoms with Crippen LogP contribution >= 0.6 is 11.3 Å². The van der Waals surface area contributed by atoms with Gasteiger partial charge >= 0.3 is 6.18 Å². The fourth-order valence-electron chi connectivity index (χ4n) is 2.50. The van der Waals surface area contributed by atoms with E-state index < -0.39 is 18.6 Å². The number of H-pyrrole nitrogens is 1. The van der Waals surface area contributed by atoms with Crippen LogP contribution in [-0.4, -0.2) is 43.4 Å². The summed E-state index contributed by atoms with van der Waals surface area (Å²) in [5, 5.41) is 14.4. The van der Waals surface area contributed by atoms with Gasteiger partial charge in [-0.05, 0) is 17.0 Å². The first-order chi connectivity index (χ1) is 12.9. The number of nitrogens with zero attached hydrogens (tertiary/aromatic N) is 4. The minimum Gasteiger partial charge on any atom is -0.342 e. The van der Waals surface area contributed by atoms with Crippen molar-refractivity contribution in [1.82, 2.24) is 30.1 Å². The molecule has 4 rings (SSSR count). The maximum absolute atomic E-state index is 12.2. The van der Waals surface area contributed by atoms with Gasteiger partial charge in [-0.25, -0.2) is 9.50 Å². The van der Waals surface area contributed by atoms with Gasteiger partial charge in [0.25, 0.3) is 5.91 Å². The smallest absolute Gasteiger partial charge is 0.342 e. The number of thiophene rings is 1. The number of amides is 1. The second kappa shape index (κ2) is 6.50. The second-order valence-electron chi connectivity index (χ2n) is 5.65. The highest BCUT2D eigenvalue weighted by atomic mass is 32.1. The first kappa shape index (κ1) is 17.2. The van der Waals surface area contributed by atoms with Crippen LogP contribution in [0.4, 0.5) is 13.2 Å². The van der Waals surface area contributed by atoms with E-state index >= 15 is 0 Å². The first-order valence-electron chi connectivity index (χ1n) is 7.67. The largest absolute Gasteiger partial charge is 0.405 e. The average Bonchev–Trinajstić information content (AvgIpc) is 3.37. The number of fused-ring (bicyclic) bond motifs is 1. The van der Waals surface area contributed by atoms with Gasteiger partial charge in [-0.1, -0.05) is 0 Å². The van der Waals surface area contributed by atoms with Gasteiger partial charge in [0.1, 0.15) is 6.54 Å². The monoisotopic (exact) mass is 392 g/mol. The van der Waals surface area contributed by atoms with Crippen molar-refractivity contribution in [3.05, 3.63) is 47.3 Å². The lowest BCUT2D eigenvalue weighted by molar-refractivity contribution is -0.123. The number of aromatic amines is 1. The molecule has 4 heterocycles. The molecule has 11 heteroatoms. The van der Waals surface area contributed by atoms with Crippen molar-refractivity contribution in [3.8, 4) is 22.3 Å². The third kappa shape index (κ3) is 3.53. The van der Waals surface area contributed by atoms with Gasteiger partial charge in [-0.3, -0.25) is 9.89 Å². The first-order valence-corrected chi connectivity index (χ1v) is 8.55. The molecule has 4 aromatic heterocycles. The SMILES string of the molecule is O=C(NCC(F)(F)F)c1cc(-c2cnn3cc(-c4cn[nH]c4)cnc23)cs1. The molecule has 0 bridgehead atoms. The number of carbonyl (C=O) groups is 1. The maximum Gasteiger partial charge on any atom is 0.405 e. The number of alkyl halides is 3. The summed E-state index contributed by atoms with van der Waals surface area (Å²) < 4.78 is 38.3. The van der Waals surface area contributed by atoms with E-state index in [1.807, 2.05) is 5.32 Å². The number of hydrogen-bond acceptors (Lipinski definition) is 5. The molecule has 0 aliphatic carbocycles. The van der Waals surface area contributed by atoms with Crippen LogP contribution in [0.25, 0.3) is 27.9 Å². The maximum atomic E-state index is 12.2. The molecule has 2 N–H and O–H groups in total. The molecule has 0 aromatic carbocycles. The molecule has 0 radical (unpaired) electrons. The standard InChI is InChI=1S/C16H11F3N6OS/c17-16(18,19)8-21-15(26)13-1-9(7-27-13)12-5-24-25-6-11(2-20-14(12)25)10-3-22-23-4-10/h1-7H,8H2,(H,21,26)(H,22,23). The lowest BCUT2D eigenvalue weighted by atomic mass is 10.1. The van der Waals surface area contributed by atoms with Crippen LogP contribution in [0.2, 0.25) is 0 Å². The van der Waals surface area contributed by atoms with E-state index in [0.717, 1.165) is 22.5 Å². The fraction of sp³-hybridized carbons (Fsp3) is 0.125. The van der Waals surface area contributed by atoms with Crippen molar-refractivity contribution >= 4 is 22.9 Å². The van der Waals surface area contributed by atoms with Crippen molar-refractivity contribution in [2.45, 2.75) is 6.18 Å². The van der Waals surface area contributed by atoms with Crippen LogP contribution in [-0.2, 0) is 0 Å². The van der Waals surface area contributed by atoms with Crippen molar-refractivity contribution in [3.63, 3.8) is 0 Å². The fourth-order valence-corrected chi connectivity index (χ4v) is 3.32. The molecule has 27 heavy (non-hydrogen) atoms. The van der Waals surface area contributed by atoms with E-state index in [1.54, 1.807) is 40.9 Å². The zero-order valence-corrected chi connectivity index (χ0v) is 14.3. The summed E-state index contributed by atoms with van der Waals surface area (Å²) in [7, 11) is 0.